The van der Waals surface area contributed by atoms with Crippen LogP contribution in [0.2, 0.25) is 10.0 Å². The van der Waals surface area contributed by atoms with Crippen molar-refractivity contribution in [2.24, 2.45) is 15.7 Å². The van der Waals surface area contributed by atoms with E-state index in [1.165, 1.54) is 0 Å². The van der Waals surface area contributed by atoms with Crippen molar-refractivity contribution in [3.05, 3.63) is 28.2 Å². The van der Waals surface area contributed by atoms with Gasteiger partial charge < -0.3 is 15.5 Å². The van der Waals surface area contributed by atoms with E-state index in [0.29, 0.717) is 21.9 Å². The highest BCUT2D eigenvalue weighted by Gasteiger charge is 2.33. The van der Waals surface area contributed by atoms with Gasteiger partial charge in [0.2, 0.25) is 0 Å². The summed E-state index contributed by atoms with van der Waals surface area (Å²) in [6.07, 6.45) is 3.29. The highest BCUT2D eigenvalue weighted by molar-refractivity contribution is 6.42. The number of hydrogen-bond acceptors (Lipinski definition) is 4. The zero-order valence-corrected chi connectivity index (χ0v) is 17.5. The van der Waals surface area contributed by atoms with Crippen LogP contribution in [0, 0.1) is 0 Å². The summed E-state index contributed by atoms with van der Waals surface area (Å²) in [6.45, 7) is 7.19. The van der Waals surface area contributed by atoms with Gasteiger partial charge in [-0.25, -0.2) is 4.99 Å². The number of nitrogens with two attached hydrogens (primary N) is 1. The lowest BCUT2D eigenvalue weighted by atomic mass is 10.0. The maximum absolute atomic E-state index is 6.41. The Labute approximate surface area is 171 Å². The Morgan fingerprint density at radius 2 is 2.00 bits per heavy atom. The van der Waals surface area contributed by atoms with Gasteiger partial charge in [0.05, 0.1) is 28.3 Å². The number of aliphatic imine (C=N–C) groups is 2. The van der Waals surface area contributed by atoms with Crippen LogP contribution in [0.15, 0.2) is 28.2 Å². The first kappa shape index (κ1) is 21.1. The summed E-state index contributed by atoms with van der Waals surface area (Å²) in [6, 6.07) is 5.83. The first-order valence-corrected chi connectivity index (χ1v) is 9.60. The molecule has 2 heterocycles. The smallest absolute Gasteiger partial charge is 0.197 e. The van der Waals surface area contributed by atoms with E-state index in [9.17, 15) is 0 Å². The summed E-state index contributed by atoms with van der Waals surface area (Å²) < 4.78 is 0. The number of halogens is 3. The van der Waals surface area contributed by atoms with Crippen LogP contribution in [-0.4, -0.2) is 53.3 Å². The summed E-state index contributed by atoms with van der Waals surface area (Å²) in [5, 5.41) is 1.01. The molecular weight excluding hydrogens is 393 g/mol. The zero-order chi connectivity index (χ0) is 18.0. The average Bonchev–Trinajstić information content (AvgIpc) is 3.08. The zero-order valence-electron chi connectivity index (χ0n) is 15.2. The predicted molar refractivity (Wildman–Crippen MR) is 113 cm³/mol. The van der Waals surface area contributed by atoms with Gasteiger partial charge >= 0.3 is 0 Å². The molecule has 144 valence electrons. The second kappa shape index (κ2) is 9.16. The van der Waals surface area contributed by atoms with Gasteiger partial charge in [-0.05, 0) is 51.3 Å². The molecule has 0 aromatic heterocycles. The monoisotopic (exact) mass is 417 g/mol. The average molecular weight is 419 g/mol. The van der Waals surface area contributed by atoms with Gasteiger partial charge in [0.1, 0.15) is 5.84 Å². The lowest BCUT2D eigenvalue weighted by Crippen LogP contribution is -2.55. The summed E-state index contributed by atoms with van der Waals surface area (Å²) >= 11 is 12.1. The molecule has 5 nitrogen and oxygen atoms in total. The van der Waals surface area contributed by atoms with E-state index in [2.05, 4.69) is 28.6 Å². The number of nitrogens with zero attached hydrogens (tertiary/aromatic N) is 4. The van der Waals surface area contributed by atoms with Crippen LogP contribution >= 0.6 is 35.6 Å². The topological polar surface area (TPSA) is 57.2 Å². The number of rotatable bonds is 3. The van der Waals surface area contributed by atoms with Gasteiger partial charge in [-0.3, -0.25) is 4.99 Å². The number of likely N-dealkylation sites (tertiary alicyclic amines) is 1. The van der Waals surface area contributed by atoms with Crippen LogP contribution in [0.25, 0.3) is 0 Å². The Hall–Kier alpha value is -1.17. The molecule has 1 saturated heterocycles. The fourth-order valence-corrected chi connectivity index (χ4v) is 3.74. The SMILES string of the molecule is CC(C)N1CCN=C1N1CCCCC1C(N)=Nc1ccc(Cl)c(Cl)c1.Cl. The minimum Gasteiger partial charge on any atom is -0.385 e. The van der Waals surface area contributed by atoms with Crippen molar-refractivity contribution in [3.63, 3.8) is 0 Å². The third-order valence-corrected chi connectivity index (χ3v) is 5.48. The van der Waals surface area contributed by atoms with Crippen molar-refractivity contribution in [1.82, 2.24) is 9.80 Å². The molecule has 0 amide bonds. The minimum absolute atomic E-state index is 0. The van der Waals surface area contributed by atoms with Gasteiger partial charge in [-0.15, -0.1) is 12.4 Å². The van der Waals surface area contributed by atoms with Crippen molar-refractivity contribution in [3.8, 4) is 0 Å². The van der Waals surface area contributed by atoms with Crippen LogP contribution in [-0.2, 0) is 0 Å². The molecule has 1 atom stereocenters. The molecule has 0 bridgehead atoms. The van der Waals surface area contributed by atoms with Gasteiger partial charge in [0, 0.05) is 19.1 Å². The molecule has 2 N–H and O–H groups in total. The molecule has 0 radical (unpaired) electrons. The number of hydrogen-bond donors (Lipinski definition) is 1. The minimum atomic E-state index is 0. The Kier molecular flexibility index (Phi) is 7.44. The second-order valence-corrected chi connectivity index (χ2v) is 7.62. The molecule has 1 fully saturated rings. The molecule has 26 heavy (non-hydrogen) atoms. The van der Waals surface area contributed by atoms with Crippen molar-refractivity contribution < 1.29 is 0 Å². The largest absolute Gasteiger partial charge is 0.385 e. The number of benzene rings is 1. The molecule has 0 spiro atoms. The van der Waals surface area contributed by atoms with E-state index in [1.54, 1.807) is 12.1 Å². The van der Waals surface area contributed by atoms with Gasteiger partial charge in [0.25, 0.3) is 0 Å². The molecule has 1 aromatic carbocycles. The fraction of sp³-hybridized carbons (Fsp3) is 0.556. The fourth-order valence-electron chi connectivity index (χ4n) is 3.45. The Morgan fingerprint density at radius 1 is 1.23 bits per heavy atom. The normalized spacial score (nSPS) is 21.0. The van der Waals surface area contributed by atoms with E-state index in [1.807, 2.05) is 6.07 Å². The van der Waals surface area contributed by atoms with Crippen LogP contribution in [0.4, 0.5) is 5.69 Å². The highest BCUT2D eigenvalue weighted by atomic mass is 35.5. The second-order valence-electron chi connectivity index (χ2n) is 6.81. The molecule has 2 aliphatic heterocycles. The molecule has 0 aliphatic carbocycles. The Morgan fingerprint density at radius 3 is 2.69 bits per heavy atom. The van der Waals surface area contributed by atoms with Crippen LogP contribution in [0.5, 0.6) is 0 Å². The molecular formula is C18H26Cl3N5. The lowest BCUT2D eigenvalue weighted by molar-refractivity contribution is 0.245. The Bertz CT molecular complexity index is 689. The summed E-state index contributed by atoms with van der Waals surface area (Å²) in [5.74, 6) is 1.67. The highest BCUT2D eigenvalue weighted by Crippen LogP contribution is 2.28. The maximum Gasteiger partial charge on any atom is 0.197 e. The molecule has 1 unspecified atom stereocenters. The van der Waals surface area contributed by atoms with Crippen LogP contribution in [0.3, 0.4) is 0 Å². The summed E-state index contributed by atoms with van der Waals surface area (Å²) in [7, 11) is 0. The molecule has 8 heteroatoms. The van der Waals surface area contributed by atoms with E-state index >= 15 is 0 Å². The van der Waals surface area contributed by atoms with Crippen molar-refractivity contribution >= 4 is 53.1 Å². The van der Waals surface area contributed by atoms with Crippen molar-refractivity contribution in [2.75, 3.05) is 19.6 Å². The number of amidine groups is 1. The van der Waals surface area contributed by atoms with Gasteiger partial charge in [-0.2, -0.15) is 0 Å². The lowest BCUT2D eigenvalue weighted by Gasteiger charge is -2.40. The van der Waals surface area contributed by atoms with Crippen molar-refractivity contribution in [2.45, 2.75) is 45.2 Å². The van der Waals surface area contributed by atoms with E-state index in [0.717, 1.165) is 50.5 Å². The first-order valence-electron chi connectivity index (χ1n) is 8.84. The standard InChI is InChI=1S/C18H25Cl2N5.ClH/c1-12(2)24-10-8-22-18(24)25-9-4-3-5-16(25)17(21)23-13-6-7-14(19)15(20)11-13;/h6-7,11-12,16H,3-5,8-10H2,1-2H3,(H2,21,23);1H. The van der Waals surface area contributed by atoms with E-state index in [-0.39, 0.29) is 18.4 Å². The van der Waals surface area contributed by atoms with E-state index < -0.39 is 0 Å². The molecule has 3 rings (SSSR count). The third kappa shape index (κ3) is 4.56. The first-order chi connectivity index (χ1) is 12.0. The summed E-state index contributed by atoms with van der Waals surface area (Å²) in [5.41, 5.74) is 7.14. The van der Waals surface area contributed by atoms with Gasteiger partial charge in [0.15, 0.2) is 5.96 Å². The number of piperidine rings is 1. The third-order valence-electron chi connectivity index (χ3n) is 4.74. The molecule has 2 aliphatic rings. The summed E-state index contributed by atoms with van der Waals surface area (Å²) in [4.78, 5) is 14.0. The number of guanidine groups is 1. The van der Waals surface area contributed by atoms with E-state index in [4.69, 9.17) is 33.9 Å². The van der Waals surface area contributed by atoms with Crippen molar-refractivity contribution in [1.29, 1.82) is 0 Å². The maximum atomic E-state index is 6.41. The van der Waals surface area contributed by atoms with Gasteiger partial charge in [-0.1, -0.05) is 23.2 Å². The molecule has 1 aromatic rings. The van der Waals surface area contributed by atoms with Crippen LogP contribution in [0.1, 0.15) is 33.1 Å². The predicted octanol–water partition coefficient (Wildman–Crippen LogP) is 4.34. The van der Waals surface area contributed by atoms with Crippen LogP contribution < -0.4 is 5.73 Å². The molecule has 0 saturated carbocycles. The quantitative estimate of drug-likeness (QED) is 0.587. The Balaban J connectivity index is 0.00000243.